The number of carbonyl (C=O) groups excluding carboxylic acids is 1. The first-order valence-corrected chi connectivity index (χ1v) is 10.3. The first-order valence-electron chi connectivity index (χ1n) is 8.84. The maximum Gasteiger partial charge on any atom is 0.261 e. The van der Waals surface area contributed by atoms with E-state index in [1.165, 1.54) is 31.5 Å². The Morgan fingerprint density at radius 1 is 1.03 bits per heavy atom. The van der Waals surface area contributed by atoms with Crippen molar-refractivity contribution < 1.29 is 17.9 Å². The number of methoxy groups -OCH3 is 1. The molecule has 4 rings (SSSR count). The third-order valence-corrected chi connectivity index (χ3v) is 5.66. The van der Waals surface area contributed by atoms with Gasteiger partial charge in [-0.1, -0.05) is 24.3 Å². The van der Waals surface area contributed by atoms with Gasteiger partial charge >= 0.3 is 0 Å². The molecule has 1 amide bonds. The zero-order chi connectivity index (χ0) is 21.1. The van der Waals surface area contributed by atoms with Crippen LogP contribution in [-0.2, 0) is 10.0 Å². The number of sulfonamides is 1. The molecule has 0 saturated carbocycles. The lowest BCUT2D eigenvalue weighted by molar-refractivity contribution is 0.102. The lowest BCUT2D eigenvalue weighted by Crippen LogP contribution is -2.15. The number of anilines is 2. The Morgan fingerprint density at radius 2 is 1.83 bits per heavy atom. The smallest absolute Gasteiger partial charge is 0.261 e. The van der Waals surface area contributed by atoms with Crippen LogP contribution in [0, 0.1) is 0 Å². The maximum absolute atomic E-state index is 12.7. The Labute approximate surface area is 172 Å². The Bertz CT molecular complexity index is 1320. The molecular weight excluding hydrogens is 406 g/mol. The summed E-state index contributed by atoms with van der Waals surface area (Å²) in [6, 6.07) is 15.9. The maximum atomic E-state index is 12.7. The largest absolute Gasteiger partial charge is 0.479 e. The Balaban J connectivity index is 1.54. The highest BCUT2D eigenvalue weighted by molar-refractivity contribution is 7.92. The monoisotopic (exact) mass is 423 g/mol. The van der Waals surface area contributed by atoms with Crippen molar-refractivity contribution in [2.45, 2.75) is 4.90 Å². The van der Waals surface area contributed by atoms with E-state index in [0.717, 1.165) is 0 Å². The second-order valence-electron chi connectivity index (χ2n) is 6.31. The first-order chi connectivity index (χ1) is 14.5. The molecule has 152 valence electrons. The van der Waals surface area contributed by atoms with Crippen LogP contribution in [0.3, 0.4) is 0 Å². The SMILES string of the molecule is COc1n[nH]c2ncc(NC(=O)c3cccc(NS(=O)(=O)c4ccccc4)c3)cc12. The topological polar surface area (TPSA) is 126 Å². The molecule has 0 atom stereocenters. The summed E-state index contributed by atoms with van der Waals surface area (Å²) in [7, 11) is -2.27. The third kappa shape index (κ3) is 3.94. The number of ether oxygens (including phenoxy) is 1. The van der Waals surface area contributed by atoms with Gasteiger partial charge in [0.05, 0.1) is 29.3 Å². The van der Waals surface area contributed by atoms with Crippen LogP contribution in [0.5, 0.6) is 5.88 Å². The summed E-state index contributed by atoms with van der Waals surface area (Å²) in [4.78, 5) is 17.0. The average molecular weight is 423 g/mol. The number of aromatic nitrogens is 3. The van der Waals surface area contributed by atoms with Crippen molar-refractivity contribution in [1.82, 2.24) is 15.2 Å². The molecule has 0 aliphatic heterocycles. The molecule has 0 aliphatic rings. The second kappa shape index (κ2) is 7.84. The number of benzene rings is 2. The van der Waals surface area contributed by atoms with Crippen LogP contribution in [0.2, 0.25) is 0 Å². The molecule has 10 heteroatoms. The molecule has 0 aliphatic carbocycles. The van der Waals surface area contributed by atoms with Crippen LogP contribution >= 0.6 is 0 Å². The van der Waals surface area contributed by atoms with Crippen molar-refractivity contribution >= 4 is 38.3 Å². The van der Waals surface area contributed by atoms with E-state index in [9.17, 15) is 13.2 Å². The molecule has 2 aromatic heterocycles. The third-order valence-electron chi connectivity index (χ3n) is 4.26. The number of pyridine rings is 1. The lowest BCUT2D eigenvalue weighted by atomic mass is 10.2. The number of hydrogen-bond donors (Lipinski definition) is 3. The second-order valence-corrected chi connectivity index (χ2v) is 7.99. The number of amides is 1. The normalized spacial score (nSPS) is 11.2. The zero-order valence-corrected chi connectivity index (χ0v) is 16.6. The number of hydrogen-bond acceptors (Lipinski definition) is 6. The van der Waals surface area contributed by atoms with Gasteiger partial charge in [-0.3, -0.25) is 14.6 Å². The van der Waals surface area contributed by atoms with E-state index in [0.29, 0.717) is 22.6 Å². The minimum absolute atomic E-state index is 0.133. The summed E-state index contributed by atoms with van der Waals surface area (Å²) in [5.41, 5.74) is 1.53. The molecule has 30 heavy (non-hydrogen) atoms. The highest BCUT2D eigenvalue weighted by Gasteiger charge is 2.15. The molecule has 9 nitrogen and oxygen atoms in total. The molecule has 3 N–H and O–H groups in total. The van der Waals surface area contributed by atoms with E-state index in [-0.39, 0.29) is 16.1 Å². The quantitative estimate of drug-likeness (QED) is 0.438. The average Bonchev–Trinajstić information content (AvgIpc) is 3.16. The Kier molecular flexibility index (Phi) is 5.07. The standard InChI is InChI=1S/C20H17N5O4S/c1-29-20-17-11-15(12-21-18(17)23-24-20)22-19(26)13-6-5-7-14(10-13)25-30(27,28)16-8-3-2-4-9-16/h2-12,25H,1H3,(H,22,26)(H,21,23,24). The van der Waals surface area contributed by atoms with E-state index in [2.05, 4.69) is 25.2 Å². The number of nitrogens with zero attached hydrogens (tertiary/aromatic N) is 2. The van der Waals surface area contributed by atoms with Crippen molar-refractivity contribution in [2.75, 3.05) is 17.1 Å². The predicted molar refractivity (Wildman–Crippen MR) is 112 cm³/mol. The summed E-state index contributed by atoms with van der Waals surface area (Å²) in [6.07, 6.45) is 1.49. The van der Waals surface area contributed by atoms with Crippen molar-refractivity contribution in [2.24, 2.45) is 0 Å². The first kappa shape index (κ1) is 19.4. The summed E-state index contributed by atoms with van der Waals surface area (Å²) < 4.78 is 32.6. The van der Waals surface area contributed by atoms with Gasteiger partial charge in [-0.05, 0) is 36.4 Å². The molecule has 0 fully saturated rings. The predicted octanol–water partition coefficient (Wildman–Crippen LogP) is 3.02. The molecule has 4 aromatic rings. The van der Waals surface area contributed by atoms with Crippen LogP contribution in [0.1, 0.15) is 10.4 Å². The van der Waals surface area contributed by atoms with Gasteiger partial charge in [0.1, 0.15) is 0 Å². The van der Waals surface area contributed by atoms with E-state index in [1.807, 2.05) is 0 Å². The molecule has 2 heterocycles. The van der Waals surface area contributed by atoms with Crippen molar-refractivity contribution in [3.8, 4) is 5.88 Å². The number of H-pyrrole nitrogens is 1. The molecule has 0 radical (unpaired) electrons. The highest BCUT2D eigenvalue weighted by atomic mass is 32.2. The highest BCUT2D eigenvalue weighted by Crippen LogP contribution is 2.24. The number of rotatable bonds is 6. The number of carbonyl (C=O) groups is 1. The van der Waals surface area contributed by atoms with Gasteiger partial charge < -0.3 is 10.1 Å². The minimum Gasteiger partial charge on any atom is -0.479 e. The van der Waals surface area contributed by atoms with Gasteiger partial charge in [-0.15, -0.1) is 5.10 Å². The molecule has 0 bridgehead atoms. The number of aromatic amines is 1. The van der Waals surface area contributed by atoms with E-state index < -0.39 is 15.9 Å². The lowest BCUT2D eigenvalue weighted by Gasteiger charge is -2.10. The Morgan fingerprint density at radius 3 is 2.60 bits per heavy atom. The summed E-state index contributed by atoms with van der Waals surface area (Å²) >= 11 is 0. The van der Waals surface area contributed by atoms with Crippen LogP contribution in [0.25, 0.3) is 11.0 Å². The van der Waals surface area contributed by atoms with Gasteiger partial charge in [0.15, 0.2) is 5.65 Å². The summed E-state index contributed by atoms with van der Waals surface area (Å²) in [5.74, 6) is -0.0507. The number of nitrogens with one attached hydrogen (secondary N) is 3. The minimum atomic E-state index is -3.76. The zero-order valence-electron chi connectivity index (χ0n) is 15.8. The van der Waals surface area contributed by atoms with Crippen LogP contribution in [-0.4, -0.2) is 36.6 Å². The van der Waals surface area contributed by atoms with E-state index >= 15 is 0 Å². The van der Waals surface area contributed by atoms with E-state index in [4.69, 9.17) is 4.74 Å². The summed E-state index contributed by atoms with van der Waals surface area (Å²) in [5, 5.41) is 10.1. The molecule has 2 aromatic carbocycles. The molecular formula is C20H17N5O4S. The van der Waals surface area contributed by atoms with Crippen LogP contribution in [0.4, 0.5) is 11.4 Å². The van der Waals surface area contributed by atoms with Gasteiger partial charge in [-0.25, -0.2) is 13.4 Å². The molecule has 0 spiro atoms. The van der Waals surface area contributed by atoms with Gasteiger partial charge in [0.25, 0.3) is 15.9 Å². The number of fused-ring (bicyclic) bond motifs is 1. The van der Waals surface area contributed by atoms with Crippen LogP contribution < -0.4 is 14.8 Å². The van der Waals surface area contributed by atoms with Gasteiger partial charge in [-0.2, -0.15) is 0 Å². The van der Waals surface area contributed by atoms with Gasteiger partial charge in [0, 0.05) is 11.3 Å². The fraction of sp³-hybridized carbons (Fsp3) is 0.0500. The van der Waals surface area contributed by atoms with Crippen LogP contribution in [0.15, 0.2) is 71.8 Å². The fourth-order valence-corrected chi connectivity index (χ4v) is 3.92. The molecule has 0 unspecified atom stereocenters. The van der Waals surface area contributed by atoms with Crippen molar-refractivity contribution in [3.05, 3.63) is 72.4 Å². The van der Waals surface area contributed by atoms with Gasteiger partial charge in [0.2, 0.25) is 5.88 Å². The van der Waals surface area contributed by atoms with E-state index in [1.54, 1.807) is 42.5 Å². The summed E-state index contributed by atoms with van der Waals surface area (Å²) in [6.45, 7) is 0. The van der Waals surface area contributed by atoms with Crippen molar-refractivity contribution in [1.29, 1.82) is 0 Å². The van der Waals surface area contributed by atoms with Crippen molar-refractivity contribution in [3.63, 3.8) is 0 Å². The fourth-order valence-electron chi connectivity index (χ4n) is 2.85. The molecule has 0 saturated heterocycles. The Hall–Kier alpha value is -3.92.